The van der Waals surface area contributed by atoms with Crippen LogP contribution >= 0.6 is 11.6 Å². The van der Waals surface area contributed by atoms with Crippen molar-refractivity contribution in [2.75, 3.05) is 32.1 Å². The van der Waals surface area contributed by atoms with Crippen LogP contribution in [-0.4, -0.2) is 55.1 Å². The van der Waals surface area contributed by atoms with Gasteiger partial charge in [-0.15, -0.1) is 24.8 Å². The van der Waals surface area contributed by atoms with Crippen molar-refractivity contribution in [1.82, 2.24) is 4.90 Å². The summed E-state index contributed by atoms with van der Waals surface area (Å²) in [4.78, 5) is 1.88. The summed E-state index contributed by atoms with van der Waals surface area (Å²) in [6.07, 6.45) is -4.71. The molecule has 1 unspecified atom stereocenters. The molecular formula is C10H17ClF3NO2. The van der Waals surface area contributed by atoms with Gasteiger partial charge in [0.1, 0.15) is 0 Å². The van der Waals surface area contributed by atoms with Crippen molar-refractivity contribution in [3.63, 3.8) is 0 Å². The van der Waals surface area contributed by atoms with Gasteiger partial charge in [0.2, 0.25) is 0 Å². The number of halogens is 4. The van der Waals surface area contributed by atoms with E-state index in [2.05, 4.69) is 4.74 Å². The molecule has 0 aromatic rings. The Hall–Kier alpha value is -0.0400. The van der Waals surface area contributed by atoms with E-state index in [1.54, 1.807) is 0 Å². The summed E-state index contributed by atoms with van der Waals surface area (Å²) in [5.74, 6) is 0.333. The monoisotopic (exact) mass is 275 g/mol. The van der Waals surface area contributed by atoms with E-state index in [1.165, 1.54) is 0 Å². The lowest BCUT2D eigenvalue weighted by molar-refractivity contribution is -0.325. The van der Waals surface area contributed by atoms with Crippen molar-refractivity contribution in [3.8, 4) is 0 Å². The van der Waals surface area contributed by atoms with E-state index in [0.29, 0.717) is 19.0 Å². The fraction of sp³-hybridized carbons (Fsp3) is 1.00. The maximum atomic E-state index is 11.8. The Morgan fingerprint density at radius 2 is 2.12 bits per heavy atom. The number of hydrogen-bond acceptors (Lipinski definition) is 3. The van der Waals surface area contributed by atoms with Gasteiger partial charge in [-0.3, -0.25) is 9.64 Å². The molecule has 0 aromatic carbocycles. The molecule has 0 aromatic heterocycles. The van der Waals surface area contributed by atoms with Gasteiger partial charge in [0.05, 0.1) is 18.3 Å². The van der Waals surface area contributed by atoms with Gasteiger partial charge in [0.15, 0.2) is 0 Å². The SMILES string of the molecule is CC1(C)CN(CCOC(F)(F)F)CC(CCl)O1. The maximum absolute atomic E-state index is 11.8. The standard InChI is InChI=1S/C10H17ClF3NO2/c1-9(2)7-15(6-8(5-11)17-9)3-4-16-10(12,13)14/h8H,3-7H2,1-2H3. The second-order valence-electron chi connectivity index (χ2n) is 4.68. The molecule has 3 nitrogen and oxygen atoms in total. The number of nitrogens with zero attached hydrogens (tertiary/aromatic N) is 1. The summed E-state index contributed by atoms with van der Waals surface area (Å²) in [5, 5.41) is 0. The Kier molecular flexibility index (Phi) is 5.07. The Labute approximate surface area is 104 Å². The number of rotatable bonds is 4. The van der Waals surface area contributed by atoms with Crippen LogP contribution in [0.5, 0.6) is 0 Å². The molecule has 0 saturated carbocycles. The minimum atomic E-state index is -4.56. The topological polar surface area (TPSA) is 21.7 Å². The molecule has 1 saturated heterocycles. The van der Waals surface area contributed by atoms with Gasteiger partial charge in [-0.2, -0.15) is 0 Å². The maximum Gasteiger partial charge on any atom is 0.522 e. The zero-order valence-electron chi connectivity index (χ0n) is 9.89. The zero-order chi connectivity index (χ0) is 13.1. The molecule has 0 spiro atoms. The van der Waals surface area contributed by atoms with Crippen LogP contribution in [0.4, 0.5) is 13.2 Å². The first kappa shape index (κ1) is 15.0. The fourth-order valence-corrected chi connectivity index (χ4v) is 2.12. The predicted octanol–water partition coefficient (Wildman–Crippen LogP) is 2.24. The van der Waals surface area contributed by atoms with E-state index < -0.39 is 12.0 Å². The highest BCUT2D eigenvalue weighted by Gasteiger charge is 2.34. The molecule has 0 amide bonds. The Bertz CT molecular complexity index is 248. The van der Waals surface area contributed by atoms with E-state index in [-0.39, 0.29) is 19.3 Å². The molecule has 1 fully saturated rings. The second kappa shape index (κ2) is 5.73. The molecule has 1 atom stereocenters. The number of morpholine rings is 1. The van der Waals surface area contributed by atoms with E-state index in [0.717, 1.165) is 0 Å². The Balaban J connectivity index is 2.37. The van der Waals surface area contributed by atoms with E-state index >= 15 is 0 Å². The lowest BCUT2D eigenvalue weighted by Crippen LogP contribution is -2.54. The van der Waals surface area contributed by atoms with Gasteiger partial charge in [0, 0.05) is 25.5 Å². The summed E-state index contributed by atoms with van der Waals surface area (Å²) in [7, 11) is 0. The first-order chi connectivity index (χ1) is 7.72. The van der Waals surface area contributed by atoms with Gasteiger partial charge < -0.3 is 4.74 Å². The van der Waals surface area contributed by atoms with Crippen LogP contribution in [0.1, 0.15) is 13.8 Å². The molecule has 0 N–H and O–H groups in total. The minimum Gasteiger partial charge on any atom is -0.368 e. The summed E-state index contributed by atoms with van der Waals surface area (Å²) < 4.78 is 44.9. The van der Waals surface area contributed by atoms with Gasteiger partial charge in [0.25, 0.3) is 0 Å². The van der Waals surface area contributed by atoms with Crippen molar-refractivity contribution in [2.45, 2.75) is 31.9 Å². The Morgan fingerprint density at radius 1 is 1.47 bits per heavy atom. The van der Waals surface area contributed by atoms with E-state index in [9.17, 15) is 13.2 Å². The van der Waals surface area contributed by atoms with Crippen molar-refractivity contribution >= 4 is 11.6 Å². The number of alkyl halides is 4. The summed E-state index contributed by atoms with van der Waals surface area (Å²) in [6, 6.07) is 0. The third kappa shape index (κ3) is 5.90. The average molecular weight is 276 g/mol. The number of hydrogen-bond donors (Lipinski definition) is 0. The third-order valence-corrected chi connectivity index (χ3v) is 2.74. The molecule has 1 rings (SSSR count). The van der Waals surface area contributed by atoms with Gasteiger partial charge in [-0.05, 0) is 13.8 Å². The van der Waals surface area contributed by atoms with Gasteiger partial charge in [-0.25, -0.2) is 0 Å². The first-order valence-corrected chi connectivity index (χ1v) is 5.92. The summed E-state index contributed by atoms with van der Waals surface area (Å²) in [5.41, 5.74) is -0.393. The van der Waals surface area contributed by atoms with Crippen molar-refractivity contribution in [3.05, 3.63) is 0 Å². The summed E-state index contributed by atoms with van der Waals surface area (Å²) >= 11 is 5.72. The molecule has 102 valence electrons. The van der Waals surface area contributed by atoms with E-state index in [4.69, 9.17) is 16.3 Å². The fourth-order valence-electron chi connectivity index (χ4n) is 1.96. The average Bonchev–Trinajstić information content (AvgIpc) is 2.13. The van der Waals surface area contributed by atoms with Crippen LogP contribution in [0.25, 0.3) is 0 Å². The van der Waals surface area contributed by atoms with Crippen LogP contribution in [0.3, 0.4) is 0 Å². The van der Waals surface area contributed by atoms with Crippen LogP contribution in [0.15, 0.2) is 0 Å². The lowest BCUT2D eigenvalue weighted by atomic mass is 10.1. The largest absolute Gasteiger partial charge is 0.522 e. The molecule has 0 radical (unpaired) electrons. The highest BCUT2D eigenvalue weighted by atomic mass is 35.5. The quantitative estimate of drug-likeness (QED) is 0.735. The molecular weight excluding hydrogens is 259 g/mol. The van der Waals surface area contributed by atoms with Crippen molar-refractivity contribution in [1.29, 1.82) is 0 Å². The molecule has 1 aliphatic heterocycles. The first-order valence-electron chi connectivity index (χ1n) is 5.39. The van der Waals surface area contributed by atoms with Gasteiger partial charge in [-0.1, -0.05) is 0 Å². The highest BCUT2D eigenvalue weighted by molar-refractivity contribution is 6.18. The second-order valence-corrected chi connectivity index (χ2v) is 4.99. The molecule has 1 aliphatic rings. The molecule has 7 heteroatoms. The molecule has 0 aliphatic carbocycles. The molecule has 0 bridgehead atoms. The molecule has 1 heterocycles. The zero-order valence-corrected chi connectivity index (χ0v) is 10.6. The lowest BCUT2D eigenvalue weighted by Gasteiger charge is -2.42. The third-order valence-electron chi connectivity index (χ3n) is 2.40. The summed E-state index contributed by atoms with van der Waals surface area (Å²) in [6.45, 7) is 4.75. The van der Waals surface area contributed by atoms with Crippen molar-refractivity contribution in [2.24, 2.45) is 0 Å². The predicted molar refractivity (Wildman–Crippen MR) is 58.1 cm³/mol. The van der Waals surface area contributed by atoms with Crippen molar-refractivity contribution < 1.29 is 22.6 Å². The van der Waals surface area contributed by atoms with Crippen LogP contribution in [0.2, 0.25) is 0 Å². The normalized spacial score (nSPS) is 26.1. The van der Waals surface area contributed by atoms with E-state index in [1.807, 2.05) is 18.7 Å². The van der Waals surface area contributed by atoms with Crippen LogP contribution in [-0.2, 0) is 9.47 Å². The Morgan fingerprint density at radius 3 is 2.65 bits per heavy atom. The van der Waals surface area contributed by atoms with Gasteiger partial charge >= 0.3 is 6.36 Å². The molecule has 17 heavy (non-hydrogen) atoms. The van der Waals surface area contributed by atoms with Crippen LogP contribution in [0, 0.1) is 0 Å². The van der Waals surface area contributed by atoms with Crippen LogP contribution < -0.4 is 0 Å². The highest BCUT2D eigenvalue weighted by Crippen LogP contribution is 2.22. The smallest absolute Gasteiger partial charge is 0.368 e. The minimum absolute atomic E-state index is 0.147. The number of ether oxygens (including phenoxy) is 2.